The summed E-state index contributed by atoms with van der Waals surface area (Å²) in [4.78, 5) is 4.36. The van der Waals surface area contributed by atoms with Crippen LogP contribution in [0, 0.1) is 0 Å². The third-order valence-corrected chi connectivity index (χ3v) is 2.80. The first-order valence-corrected chi connectivity index (χ1v) is 5.55. The van der Waals surface area contributed by atoms with Gasteiger partial charge in [0.05, 0.1) is 12.3 Å². The van der Waals surface area contributed by atoms with Crippen LogP contribution < -0.4 is 0 Å². The van der Waals surface area contributed by atoms with Crippen LogP contribution in [0.3, 0.4) is 0 Å². The van der Waals surface area contributed by atoms with E-state index in [4.69, 9.17) is 4.74 Å². The quantitative estimate of drug-likeness (QED) is 0.724. The summed E-state index contributed by atoms with van der Waals surface area (Å²) in [5, 5.41) is 3.24. The second-order valence-electron chi connectivity index (χ2n) is 2.10. The van der Waals surface area contributed by atoms with Gasteiger partial charge in [-0.25, -0.2) is 4.98 Å². The maximum atomic E-state index is 4.96. The van der Waals surface area contributed by atoms with Crippen LogP contribution in [0.2, 0.25) is 0 Å². The molecule has 0 bridgehead atoms. The molecule has 0 amide bonds. The molecule has 62 valence electrons. The van der Waals surface area contributed by atoms with Crippen molar-refractivity contribution in [3.05, 3.63) is 16.1 Å². The smallest absolute Gasteiger partial charge is 0.103 e. The number of methoxy groups -OCH3 is 1. The van der Waals surface area contributed by atoms with Crippen molar-refractivity contribution in [2.24, 2.45) is 0 Å². The number of nitrogens with zero attached hydrogens (tertiary/aromatic N) is 1. The van der Waals surface area contributed by atoms with Gasteiger partial charge in [0.2, 0.25) is 0 Å². The molecule has 0 spiro atoms. The van der Waals surface area contributed by atoms with Crippen molar-refractivity contribution >= 4 is 23.1 Å². The molecule has 0 saturated heterocycles. The number of hydrogen-bond acceptors (Lipinski definition) is 4. The first-order chi connectivity index (χ1) is 5.36. The van der Waals surface area contributed by atoms with Crippen LogP contribution in [-0.2, 0) is 17.1 Å². The zero-order valence-electron chi connectivity index (χ0n) is 6.66. The molecule has 11 heavy (non-hydrogen) atoms. The van der Waals surface area contributed by atoms with Crippen LogP contribution in [0.5, 0.6) is 0 Å². The fraction of sp³-hybridized carbons (Fsp3) is 0.571. The van der Waals surface area contributed by atoms with Gasteiger partial charge in [0.25, 0.3) is 0 Å². The number of aromatic nitrogens is 1. The highest BCUT2D eigenvalue weighted by atomic mass is 32.2. The highest BCUT2D eigenvalue weighted by molar-refractivity contribution is 7.97. The van der Waals surface area contributed by atoms with Crippen LogP contribution in [0.25, 0.3) is 0 Å². The second kappa shape index (κ2) is 4.74. The van der Waals surface area contributed by atoms with Gasteiger partial charge < -0.3 is 4.74 Å². The van der Waals surface area contributed by atoms with Gasteiger partial charge in [0.1, 0.15) is 5.01 Å². The van der Waals surface area contributed by atoms with E-state index in [2.05, 4.69) is 16.6 Å². The predicted octanol–water partition coefficient (Wildman–Crippen LogP) is 2.15. The predicted molar refractivity (Wildman–Crippen MR) is 50.0 cm³/mol. The number of rotatable bonds is 4. The summed E-state index contributed by atoms with van der Waals surface area (Å²) >= 11 is 3.50. The first kappa shape index (κ1) is 9.03. The van der Waals surface area contributed by atoms with Gasteiger partial charge in [-0.15, -0.1) is 11.3 Å². The minimum atomic E-state index is 0.630. The highest BCUT2D eigenvalue weighted by Crippen LogP contribution is 2.15. The summed E-state index contributed by atoms with van der Waals surface area (Å²) in [6, 6.07) is 0. The van der Waals surface area contributed by atoms with Crippen LogP contribution in [0.4, 0.5) is 0 Å². The molecule has 0 atom stereocenters. The SMILES string of the molecule is COCc1csc(CSC)n1. The van der Waals surface area contributed by atoms with E-state index in [-0.39, 0.29) is 0 Å². The van der Waals surface area contributed by atoms with Crippen LogP contribution >= 0.6 is 23.1 Å². The van der Waals surface area contributed by atoms with E-state index in [0.717, 1.165) is 11.4 Å². The summed E-state index contributed by atoms with van der Waals surface area (Å²) in [7, 11) is 1.69. The lowest BCUT2D eigenvalue weighted by atomic mass is 10.5. The molecule has 1 heterocycles. The van der Waals surface area contributed by atoms with E-state index in [1.54, 1.807) is 30.2 Å². The Hall–Kier alpha value is -0.0600. The van der Waals surface area contributed by atoms with Crippen LogP contribution in [0.1, 0.15) is 10.7 Å². The normalized spacial score (nSPS) is 10.4. The maximum absolute atomic E-state index is 4.96. The number of ether oxygens (including phenoxy) is 1. The van der Waals surface area contributed by atoms with E-state index in [1.807, 2.05) is 0 Å². The summed E-state index contributed by atoms with van der Waals surface area (Å²) in [5.41, 5.74) is 1.04. The van der Waals surface area contributed by atoms with Gasteiger partial charge in [0, 0.05) is 18.2 Å². The first-order valence-electron chi connectivity index (χ1n) is 3.28. The molecule has 1 aromatic heterocycles. The molecule has 4 heteroatoms. The standard InChI is InChI=1S/C7H11NOS2/c1-9-3-6-4-11-7(8-6)5-10-2/h4H,3,5H2,1-2H3. The third-order valence-electron chi connectivity index (χ3n) is 1.16. The molecule has 2 nitrogen and oxygen atoms in total. The molecule has 1 aromatic rings. The summed E-state index contributed by atoms with van der Waals surface area (Å²) < 4.78 is 4.96. The van der Waals surface area contributed by atoms with Gasteiger partial charge in [-0.2, -0.15) is 11.8 Å². The van der Waals surface area contributed by atoms with Gasteiger partial charge >= 0.3 is 0 Å². The van der Waals surface area contributed by atoms with Crippen molar-refractivity contribution in [1.29, 1.82) is 0 Å². The lowest BCUT2D eigenvalue weighted by molar-refractivity contribution is 0.182. The lowest BCUT2D eigenvalue weighted by Crippen LogP contribution is -1.87. The second-order valence-corrected chi connectivity index (χ2v) is 3.91. The molecule has 0 aromatic carbocycles. The topological polar surface area (TPSA) is 22.1 Å². The van der Waals surface area contributed by atoms with Crippen LogP contribution in [0.15, 0.2) is 5.38 Å². The summed E-state index contributed by atoms with van der Waals surface area (Å²) in [6.07, 6.45) is 2.08. The molecule has 0 saturated carbocycles. The summed E-state index contributed by atoms with van der Waals surface area (Å²) in [6.45, 7) is 0.630. The Bertz CT molecular complexity index is 191. The van der Waals surface area contributed by atoms with Crippen molar-refractivity contribution in [2.75, 3.05) is 13.4 Å². The van der Waals surface area contributed by atoms with Gasteiger partial charge in [-0.3, -0.25) is 0 Å². The minimum Gasteiger partial charge on any atom is -0.378 e. The van der Waals surface area contributed by atoms with Crippen molar-refractivity contribution in [2.45, 2.75) is 12.4 Å². The highest BCUT2D eigenvalue weighted by Gasteiger charge is 1.99. The Labute approximate surface area is 75.0 Å². The Kier molecular flexibility index (Phi) is 3.90. The Morgan fingerprint density at radius 1 is 1.73 bits per heavy atom. The molecular weight excluding hydrogens is 178 g/mol. The minimum absolute atomic E-state index is 0.630. The molecule has 0 aliphatic rings. The molecule has 0 fully saturated rings. The van der Waals surface area contributed by atoms with Crippen molar-refractivity contribution < 1.29 is 4.74 Å². The molecular formula is C7H11NOS2. The molecule has 0 unspecified atom stereocenters. The average Bonchev–Trinajstić information content (AvgIpc) is 2.38. The third kappa shape index (κ3) is 2.81. The molecule has 0 radical (unpaired) electrons. The zero-order valence-corrected chi connectivity index (χ0v) is 8.30. The molecule has 0 N–H and O–H groups in total. The molecule has 0 aliphatic heterocycles. The largest absolute Gasteiger partial charge is 0.378 e. The van der Waals surface area contributed by atoms with Crippen molar-refractivity contribution in [3.63, 3.8) is 0 Å². The van der Waals surface area contributed by atoms with E-state index >= 15 is 0 Å². The number of thiazole rings is 1. The Morgan fingerprint density at radius 2 is 2.55 bits per heavy atom. The van der Waals surface area contributed by atoms with Crippen molar-refractivity contribution in [1.82, 2.24) is 4.98 Å². The average molecular weight is 189 g/mol. The maximum Gasteiger partial charge on any atom is 0.103 e. The fourth-order valence-corrected chi connectivity index (χ4v) is 2.25. The number of hydrogen-bond donors (Lipinski definition) is 0. The van der Waals surface area contributed by atoms with E-state index in [9.17, 15) is 0 Å². The van der Waals surface area contributed by atoms with Gasteiger partial charge in [-0.1, -0.05) is 0 Å². The number of thioether (sulfide) groups is 1. The van der Waals surface area contributed by atoms with Gasteiger partial charge in [-0.05, 0) is 6.26 Å². The van der Waals surface area contributed by atoms with E-state index in [0.29, 0.717) is 6.61 Å². The van der Waals surface area contributed by atoms with Crippen molar-refractivity contribution in [3.8, 4) is 0 Å². The van der Waals surface area contributed by atoms with Gasteiger partial charge in [0.15, 0.2) is 0 Å². The molecule has 0 aliphatic carbocycles. The Morgan fingerprint density at radius 3 is 3.18 bits per heavy atom. The zero-order chi connectivity index (χ0) is 8.10. The lowest BCUT2D eigenvalue weighted by Gasteiger charge is -1.91. The fourth-order valence-electron chi connectivity index (χ4n) is 0.753. The monoisotopic (exact) mass is 189 g/mol. The molecule has 1 rings (SSSR count). The van der Waals surface area contributed by atoms with E-state index in [1.165, 1.54) is 5.01 Å². The van der Waals surface area contributed by atoms with Crippen LogP contribution in [-0.4, -0.2) is 18.3 Å². The Balaban J connectivity index is 2.51. The summed E-state index contributed by atoms with van der Waals surface area (Å²) in [5.74, 6) is 1.01. The van der Waals surface area contributed by atoms with E-state index < -0.39 is 0 Å².